The number of benzene rings is 1. The average Bonchev–Trinajstić information content (AvgIpc) is 2.65. The van der Waals surface area contributed by atoms with Crippen molar-refractivity contribution in [2.45, 2.75) is 26.2 Å². The number of ketones is 1. The molecular weight excluding hydrogens is 210 g/mol. The molecule has 2 aliphatic rings. The largest absolute Gasteiger partial charge is 0.317 e. The summed E-state index contributed by atoms with van der Waals surface area (Å²) in [6, 6.07) is 8.12. The number of hydrogen-bond donors (Lipinski definition) is 1. The number of carbonyl (C=O) groups excluding carboxylic acids is 1. The fourth-order valence-electron chi connectivity index (χ4n) is 3.47. The number of fused-ring (bicyclic) bond motifs is 1. The van der Waals surface area contributed by atoms with E-state index >= 15 is 0 Å². The Labute approximate surface area is 102 Å². The van der Waals surface area contributed by atoms with Crippen molar-refractivity contribution in [2.24, 2.45) is 11.3 Å². The molecule has 1 saturated heterocycles. The van der Waals surface area contributed by atoms with Crippen LogP contribution in [0, 0.1) is 11.3 Å². The summed E-state index contributed by atoms with van der Waals surface area (Å²) in [6.07, 6.45) is 3.21. The number of rotatable bonds is 1. The highest BCUT2D eigenvalue weighted by Gasteiger charge is 2.46. The lowest BCUT2D eigenvalue weighted by Crippen LogP contribution is -2.40. The van der Waals surface area contributed by atoms with E-state index in [0.717, 1.165) is 37.9 Å². The zero-order chi connectivity index (χ0) is 11.9. The maximum Gasteiger partial charge on any atom is 0.169 e. The van der Waals surface area contributed by atoms with Crippen LogP contribution in [0.25, 0.3) is 0 Å². The third-order valence-electron chi connectivity index (χ3n) is 4.58. The van der Waals surface area contributed by atoms with Gasteiger partial charge in [0.1, 0.15) is 0 Å². The van der Waals surface area contributed by atoms with Gasteiger partial charge in [-0.05, 0) is 43.8 Å². The predicted molar refractivity (Wildman–Crippen MR) is 68.2 cm³/mol. The molecule has 2 heteroatoms. The van der Waals surface area contributed by atoms with E-state index in [1.807, 2.05) is 18.2 Å². The molecule has 3 rings (SSSR count). The standard InChI is InChI=1S/C15H19NO/c1-15(12-6-8-16-9-7-12)10-11-4-2-3-5-13(11)14(15)17/h2-5,12,16H,6-10H2,1H3. The second-order valence-corrected chi connectivity index (χ2v) is 5.60. The molecule has 90 valence electrons. The lowest BCUT2D eigenvalue weighted by Gasteiger charge is -2.35. The highest BCUT2D eigenvalue weighted by atomic mass is 16.1. The van der Waals surface area contributed by atoms with Gasteiger partial charge in [0.05, 0.1) is 0 Å². The third kappa shape index (κ3) is 1.62. The van der Waals surface area contributed by atoms with Crippen molar-refractivity contribution in [1.29, 1.82) is 0 Å². The molecule has 1 heterocycles. The lowest BCUT2D eigenvalue weighted by molar-refractivity contribution is 0.0695. The molecule has 1 unspecified atom stereocenters. The summed E-state index contributed by atoms with van der Waals surface area (Å²) in [7, 11) is 0. The molecule has 0 amide bonds. The van der Waals surface area contributed by atoms with Crippen molar-refractivity contribution in [2.75, 3.05) is 13.1 Å². The molecule has 1 fully saturated rings. The summed E-state index contributed by atoms with van der Waals surface area (Å²) in [5, 5.41) is 3.38. The predicted octanol–water partition coefficient (Wildman–Crippen LogP) is 2.43. The van der Waals surface area contributed by atoms with Crippen molar-refractivity contribution in [3.63, 3.8) is 0 Å². The second-order valence-electron chi connectivity index (χ2n) is 5.60. The lowest BCUT2D eigenvalue weighted by atomic mass is 9.70. The molecule has 1 N–H and O–H groups in total. The average molecular weight is 229 g/mol. The Bertz CT molecular complexity index is 448. The van der Waals surface area contributed by atoms with E-state index < -0.39 is 0 Å². The molecule has 0 aromatic heterocycles. The Kier molecular flexibility index (Phi) is 2.55. The maximum absolute atomic E-state index is 12.6. The molecule has 1 aliphatic carbocycles. The van der Waals surface area contributed by atoms with Gasteiger partial charge in [0.2, 0.25) is 0 Å². The fraction of sp³-hybridized carbons (Fsp3) is 0.533. The SMILES string of the molecule is CC1(C2CCNCC2)Cc2ccccc2C1=O. The van der Waals surface area contributed by atoms with Crippen molar-refractivity contribution >= 4 is 5.78 Å². The topological polar surface area (TPSA) is 29.1 Å². The minimum Gasteiger partial charge on any atom is -0.317 e. The van der Waals surface area contributed by atoms with Gasteiger partial charge in [-0.15, -0.1) is 0 Å². The van der Waals surface area contributed by atoms with Crippen LogP contribution in [-0.2, 0) is 6.42 Å². The Morgan fingerprint density at radius 3 is 2.65 bits per heavy atom. The summed E-state index contributed by atoms with van der Waals surface area (Å²) in [5.41, 5.74) is 2.07. The van der Waals surface area contributed by atoms with Crippen molar-refractivity contribution in [3.8, 4) is 0 Å². The molecule has 0 bridgehead atoms. The van der Waals surface area contributed by atoms with Crippen LogP contribution < -0.4 is 5.32 Å². The van der Waals surface area contributed by atoms with Gasteiger partial charge in [-0.2, -0.15) is 0 Å². The zero-order valence-electron chi connectivity index (χ0n) is 10.3. The first-order chi connectivity index (χ1) is 8.22. The first kappa shape index (κ1) is 11.0. The van der Waals surface area contributed by atoms with Gasteiger partial charge in [-0.25, -0.2) is 0 Å². The molecule has 1 aromatic rings. The summed E-state index contributed by atoms with van der Waals surface area (Å²) < 4.78 is 0. The van der Waals surface area contributed by atoms with Crippen LogP contribution >= 0.6 is 0 Å². The van der Waals surface area contributed by atoms with Gasteiger partial charge >= 0.3 is 0 Å². The first-order valence-corrected chi connectivity index (χ1v) is 6.55. The fourth-order valence-corrected chi connectivity index (χ4v) is 3.47. The monoisotopic (exact) mass is 229 g/mol. The van der Waals surface area contributed by atoms with Gasteiger partial charge < -0.3 is 5.32 Å². The number of piperidine rings is 1. The van der Waals surface area contributed by atoms with E-state index in [2.05, 4.69) is 18.3 Å². The van der Waals surface area contributed by atoms with E-state index in [1.54, 1.807) is 0 Å². The Balaban J connectivity index is 1.93. The smallest absolute Gasteiger partial charge is 0.169 e. The molecule has 0 saturated carbocycles. The summed E-state index contributed by atoms with van der Waals surface area (Å²) >= 11 is 0. The van der Waals surface area contributed by atoms with Gasteiger partial charge in [-0.1, -0.05) is 31.2 Å². The summed E-state index contributed by atoms with van der Waals surface area (Å²) in [4.78, 5) is 12.6. The number of Topliss-reactive ketones (excluding diaryl/α,β-unsaturated/α-hetero) is 1. The quantitative estimate of drug-likeness (QED) is 0.801. The number of carbonyl (C=O) groups is 1. The minimum atomic E-state index is -0.147. The number of nitrogens with one attached hydrogen (secondary N) is 1. The Morgan fingerprint density at radius 2 is 1.94 bits per heavy atom. The van der Waals surface area contributed by atoms with Crippen molar-refractivity contribution in [3.05, 3.63) is 35.4 Å². The van der Waals surface area contributed by atoms with E-state index in [-0.39, 0.29) is 5.41 Å². The zero-order valence-corrected chi connectivity index (χ0v) is 10.3. The molecular formula is C15H19NO. The summed E-state index contributed by atoms with van der Waals surface area (Å²) in [5.74, 6) is 0.920. The van der Waals surface area contributed by atoms with Gasteiger partial charge in [-0.3, -0.25) is 4.79 Å². The van der Waals surface area contributed by atoms with E-state index in [4.69, 9.17) is 0 Å². The molecule has 2 nitrogen and oxygen atoms in total. The van der Waals surface area contributed by atoms with Crippen LogP contribution in [0.4, 0.5) is 0 Å². The van der Waals surface area contributed by atoms with Crippen LogP contribution in [0.3, 0.4) is 0 Å². The van der Waals surface area contributed by atoms with Gasteiger partial charge in [0, 0.05) is 11.0 Å². The van der Waals surface area contributed by atoms with Crippen LogP contribution in [0.1, 0.15) is 35.7 Å². The Morgan fingerprint density at radius 1 is 1.24 bits per heavy atom. The molecule has 0 radical (unpaired) electrons. The maximum atomic E-state index is 12.6. The van der Waals surface area contributed by atoms with E-state index in [1.165, 1.54) is 5.56 Å². The second kappa shape index (κ2) is 3.95. The molecule has 17 heavy (non-hydrogen) atoms. The highest BCUT2D eigenvalue weighted by molar-refractivity contribution is 6.04. The minimum absolute atomic E-state index is 0.147. The van der Waals surface area contributed by atoms with Crippen LogP contribution in [0.15, 0.2) is 24.3 Å². The van der Waals surface area contributed by atoms with Crippen LogP contribution in [0.2, 0.25) is 0 Å². The normalized spacial score (nSPS) is 29.4. The van der Waals surface area contributed by atoms with Gasteiger partial charge in [0.25, 0.3) is 0 Å². The van der Waals surface area contributed by atoms with Gasteiger partial charge in [0.15, 0.2) is 5.78 Å². The number of hydrogen-bond acceptors (Lipinski definition) is 2. The van der Waals surface area contributed by atoms with Crippen molar-refractivity contribution < 1.29 is 4.79 Å². The van der Waals surface area contributed by atoms with E-state index in [9.17, 15) is 4.79 Å². The highest BCUT2D eigenvalue weighted by Crippen LogP contribution is 2.45. The molecule has 1 atom stereocenters. The first-order valence-electron chi connectivity index (χ1n) is 6.55. The Hall–Kier alpha value is -1.15. The van der Waals surface area contributed by atoms with Crippen molar-refractivity contribution in [1.82, 2.24) is 5.32 Å². The molecule has 1 aliphatic heterocycles. The molecule has 1 aromatic carbocycles. The molecule has 0 spiro atoms. The van der Waals surface area contributed by atoms with E-state index in [0.29, 0.717) is 11.7 Å². The summed E-state index contributed by atoms with van der Waals surface area (Å²) in [6.45, 7) is 4.29. The van der Waals surface area contributed by atoms with Crippen LogP contribution in [0.5, 0.6) is 0 Å². The van der Waals surface area contributed by atoms with Crippen LogP contribution in [-0.4, -0.2) is 18.9 Å². The third-order valence-corrected chi connectivity index (χ3v) is 4.58.